The maximum Gasteiger partial charge on any atom is 0.339 e. The Balaban J connectivity index is 3.09. The van der Waals surface area contributed by atoms with Crippen LogP contribution in [-0.2, 0) is 4.74 Å². The molecule has 1 aromatic rings. The van der Waals surface area contributed by atoms with Crippen molar-refractivity contribution in [2.24, 2.45) is 0 Å². The van der Waals surface area contributed by atoms with Crippen LogP contribution in [0.25, 0.3) is 0 Å². The van der Waals surface area contributed by atoms with Gasteiger partial charge in [0.2, 0.25) is 0 Å². The zero-order valence-electron chi connectivity index (χ0n) is 8.00. The quantitative estimate of drug-likeness (QED) is 0.830. The van der Waals surface area contributed by atoms with Gasteiger partial charge >= 0.3 is 5.97 Å². The molecule has 0 atom stereocenters. The van der Waals surface area contributed by atoms with E-state index in [0.717, 1.165) is 0 Å². The maximum atomic E-state index is 11.4. The largest absolute Gasteiger partial charge is 0.508 e. The van der Waals surface area contributed by atoms with Gasteiger partial charge in [0.25, 0.3) is 0 Å². The average Bonchev–Trinajstić information content (AvgIpc) is 2.11. The van der Waals surface area contributed by atoms with Crippen LogP contribution in [-0.4, -0.2) is 17.7 Å². The molecular formula is C10H11BrO3. The number of hydrogen-bond acceptors (Lipinski definition) is 3. The lowest BCUT2D eigenvalue weighted by Gasteiger charge is -2.06. The average molecular weight is 259 g/mol. The van der Waals surface area contributed by atoms with Crippen LogP contribution < -0.4 is 0 Å². The van der Waals surface area contributed by atoms with Gasteiger partial charge < -0.3 is 9.84 Å². The van der Waals surface area contributed by atoms with Crippen molar-refractivity contribution in [3.8, 4) is 5.75 Å². The van der Waals surface area contributed by atoms with E-state index in [2.05, 4.69) is 15.9 Å². The van der Waals surface area contributed by atoms with Gasteiger partial charge in [-0.3, -0.25) is 0 Å². The number of rotatable bonds is 2. The highest BCUT2D eigenvalue weighted by atomic mass is 79.9. The van der Waals surface area contributed by atoms with Crippen LogP contribution >= 0.6 is 15.9 Å². The van der Waals surface area contributed by atoms with Crippen molar-refractivity contribution in [3.63, 3.8) is 0 Å². The second kappa shape index (κ2) is 4.46. The summed E-state index contributed by atoms with van der Waals surface area (Å²) in [4.78, 5) is 11.4. The molecule has 4 heteroatoms. The normalized spacial score (nSPS) is 9.93. The second-order valence-corrected chi connectivity index (χ2v) is 3.69. The minimum absolute atomic E-state index is 0.0938. The van der Waals surface area contributed by atoms with Crippen LogP contribution in [0.2, 0.25) is 0 Å². The number of halogens is 1. The second-order valence-electron chi connectivity index (χ2n) is 2.84. The lowest BCUT2D eigenvalue weighted by Crippen LogP contribution is -2.05. The summed E-state index contributed by atoms with van der Waals surface area (Å²) in [5.41, 5.74) is 1.06. The van der Waals surface area contributed by atoms with Crippen molar-refractivity contribution in [2.75, 3.05) is 6.61 Å². The van der Waals surface area contributed by atoms with Gasteiger partial charge in [0.15, 0.2) is 0 Å². The van der Waals surface area contributed by atoms with Crippen molar-refractivity contribution in [2.45, 2.75) is 13.8 Å². The first kappa shape index (κ1) is 11.0. The Bertz CT molecular complexity index is 361. The third-order valence-corrected chi connectivity index (χ3v) is 2.44. The van der Waals surface area contributed by atoms with Gasteiger partial charge in [-0.15, -0.1) is 0 Å². The molecule has 0 aliphatic carbocycles. The number of hydrogen-bond donors (Lipinski definition) is 1. The van der Waals surface area contributed by atoms with E-state index in [0.29, 0.717) is 22.2 Å². The van der Waals surface area contributed by atoms with Gasteiger partial charge in [0.1, 0.15) is 5.75 Å². The first-order valence-electron chi connectivity index (χ1n) is 4.22. The van der Waals surface area contributed by atoms with Crippen LogP contribution in [0.1, 0.15) is 22.8 Å². The highest BCUT2D eigenvalue weighted by Gasteiger charge is 2.13. The molecule has 0 saturated carbocycles. The molecule has 0 aliphatic rings. The number of esters is 1. The van der Waals surface area contributed by atoms with Gasteiger partial charge in [0, 0.05) is 4.47 Å². The number of aromatic hydroxyl groups is 1. The number of carbonyl (C=O) groups is 1. The van der Waals surface area contributed by atoms with E-state index in [-0.39, 0.29) is 5.75 Å². The van der Waals surface area contributed by atoms with Gasteiger partial charge in [-0.25, -0.2) is 4.79 Å². The fourth-order valence-corrected chi connectivity index (χ4v) is 1.65. The molecule has 0 saturated heterocycles. The van der Waals surface area contributed by atoms with Gasteiger partial charge in [-0.1, -0.05) is 0 Å². The summed E-state index contributed by atoms with van der Waals surface area (Å²) in [6.45, 7) is 3.81. The number of carbonyl (C=O) groups excluding carboxylic acids is 1. The Morgan fingerprint density at radius 2 is 2.21 bits per heavy atom. The third kappa shape index (κ3) is 2.26. The summed E-state index contributed by atoms with van der Waals surface area (Å²) < 4.78 is 5.45. The van der Waals surface area contributed by atoms with Crippen molar-refractivity contribution in [1.82, 2.24) is 0 Å². The predicted octanol–water partition coefficient (Wildman–Crippen LogP) is 2.64. The van der Waals surface area contributed by atoms with Crippen LogP contribution in [0.15, 0.2) is 16.6 Å². The zero-order chi connectivity index (χ0) is 10.7. The zero-order valence-corrected chi connectivity index (χ0v) is 9.59. The molecule has 0 spiro atoms. The van der Waals surface area contributed by atoms with E-state index in [1.807, 2.05) is 0 Å². The standard InChI is InChI=1S/C10H11BrO3/c1-3-14-10(13)7-5-9(12)6(2)4-8(7)11/h4-5,12H,3H2,1-2H3. The third-order valence-electron chi connectivity index (χ3n) is 1.78. The van der Waals surface area contributed by atoms with Crippen LogP contribution in [0.5, 0.6) is 5.75 Å². The molecule has 0 radical (unpaired) electrons. The number of phenols is 1. The molecule has 0 aliphatic heterocycles. The van der Waals surface area contributed by atoms with Crippen molar-refractivity contribution in [3.05, 3.63) is 27.7 Å². The molecule has 1 rings (SSSR count). The fraction of sp³-hybridized carbons (Fsp3) is 0.300. The van der Waals surface area contributed by atoms with Crippen molar-refractivity contribution >= 4 is 21.9 Å². The van der Waals surface area contributed by atoms with Crippen LogP contribution in [0, 0.1) is 6.92 Å². The molecule has 0 aromatic heterocycles. The van der Waals surface area contributed by atoms with E-state index in [1.54, 1.807) is 19.9 Å². The number of benzene rings is 1. The monoisotopic (exact) mass is 258 g/mol. The van der Waals surface area contributed by atoms with E-state index >= 15 is 0 Å². The van der Waals surface area contributed by atoms with E-state index in [9.17, 15) is 9.90 Å². The summed E-state index contributed by atoms with van der Waals surface area (Å²) in [6.07, 6.45) is 0. The summed E-state index contributed by atoms with van der Waals surface area (Å²) in [5, 5.41) is 9.41. The first-order valence-corrected chi connectivity index (χ1v) is 5.01. The smallest absolute Gasteiger partial charge is 0.339 e. The molecule has 14 heavy (non-hydrogen) atoms. The molecule has 76 valence electrons. The Morgan fingerprint density at radius 1 is 1.57 bits per heavy atom. The fourth-order valence-electron chi connectivity index (χ4n) is 1.03. The summed E-state index contributed by atoms with van der Waals surface area (Å²) in [5.74, 6) is -0.342. The summed E-state index contributed by atoms with van der Waals surface area (Å²) in [7, 11) is 0. The number of phenolic OH excluding ortho intramolecular Hbond substituents is 1. The molecule has 3 nitrogen and oxygen atoms in total. The molecule has 0 fully saturated rings. The number of aryl methyl sites for hydroxylation is 1. The van der Waals surface area contributed by atoms with E-state index in [4.69, 9.17) is 4.74 Å². The molecule has 0 bridgehead atoms. The lowest BCUT2D eigenvalue weighted by atomic mass is 10.1. The predicted molar refractivity (Wildman–Crippen MR) is 56.5 cm³/mol. The topological polar surface area (TPSA) is 46.5 Å². The first-order chi connectivity index (χ1) is 6.56. The minimum atomic E-state index is -0.435. The van der Waals surface area contributed by atoms with E-state index in [1.165, 1.54) is 6.07 Å². The van der Waals surface area contributed by atoms with E-state index < -0.39 is 5.97 Å². The molecule has 0 heterocycles. The highest BCUT2D eigenvalue weighted by molar-refractivity contribution is 9.10. The Kier molecular flexibility index (Phi) is 3.52. The summed E-state index contributed by atoms with van der Waals surface area (Å²) >= 11 is 3.24. The molecule has 0 amide bonds. The SMILES string of the molecule is CCOC(=O)c1cc(O)c(C)cc1Br. The molecule has 0 unspecified atom stereocenters. The van der Waals surface area contributed by atoms with Crippen LogP contribution in [0.3, 0.4) is 0 Å². The minimum Gasteiger partial charge on any atom is -0.508 e. The Morgan fingerprint density at radius 3 is 2.79 bits per heavy atom. The molecule has 1 aromatic carbocycles. The van der Waals surface area contributed by atoms with Gasteiger partial charge in [0.05, 0.1) is 12.2 Å². The van der Waals surface area contributed by atoms with Gasteiger partial charge in [-0.05, 0) is 47.5 Å². The molecular weight excluding hydrogens is 248 g/mol. The van der Waals surface area contributed by atoms with Crippen molar-refractivity contribution in [1.29, 1.82) is 0 Å². The van der Waals surface area contributed by atoms with Crippen molar-refractivity contribution < 1.29 is 14.6 Å². The summed E-state index contributed by atoms with van der Waals surface area (Å²) in [6, 6.07) is 3.08. The Hall–Kier alpha value is -1.03. The lowest BCUT2D eigenvalue weighted by molar-refractivity contribution is 0.0525. The number of ether oxygens (including phenoxy) is 1. The Labute approximate surface area is 90.8 Å². The molecule has 1 N–H and O–H groups in total. The maximum absolute atomic E-state index is 11.4. The highest BCUT2D eigenvalue weighted by Crippen LogP contribution is 2.26. The van der Waals surface area contributed by atoms with Gasteiger partial charge in [-0.2, -0.15) is 0 Å². The van der Waals surface area contributed by atoms with Crippen LogP contribution in [0.4, 0.5) is 0 Å².